The standard InChI is InChI=1S/C17H15NO/c1-12-15(14-9-5-6-10-16(14)18-12)11-17(19)13-7-3-2-4-8-13/h2-10,18H,11H2,1H3. The molecule has 0 unspecified atom stereocenters. The normalized spacial score (nSPS) is 10.8. The molecular formula is C17H15NO. The average Bonchev–Trinajstić information content (AvgIpc) is 2.76. The SMILES string of the molecule is Cc1[nH]c2ccccc2c1CC(=O)c1ccccc1. The highest BCUT2D eigenvalue weighted by Crippen LogP contribution is 2.23. The number of carbonyl (C=O) groups is 1. The summed E-state index contributed by atoms with van der Waals surface area (Å²) in [4.78, 5) is 15.6. The molecule has 0 radical (unpaired) electrons. The third kappa shape index (κ3) is 2.17. The molecule has 0 saturated carbocycles. The number of carbonyl (C=O) groups excluding carboxylic acids is 1. The molecule has 94 valence electrons. The Labute approximate surface area is 112 Å². The van der Waals surface area contributed by atoms with E-state index in [-0.39, 0.29) is 5.78 Å². The van der Waals surface area contributed by atoms with Crippen LogP contribution in [0.2, 0.25) is 0 Å². The Morgan fingerprint density at radius 2 is 1.68 bits per heavy atom. The van der Waals surface area contributed by atoms with Crippen LogP contribution in [0.3, 0.4) is 0 Å². The predicted molar refractivity (Wildman–Crippen MR) is 77.5 cm³/mol. The molecule has 3 aromatic rings. The lowest BCUT2D eigenvalue weighted by Gasteiger charge is -2.02. The highest BCUT2D eigenvalue weighted by atomic mass is 16.1. The Morgan fingerprint density at radius 3 is 2.47 bits per heavy atom. The summed E-state index contributed by atoms with van der Waals surface area (Å²) in [5.74, 6) is 0.161. The van der Waals surface area contributed by atoms with Crippen LogP contribution in [0.25, 0.3) is 10.9 Å². The van der Waals surface area contributed by atoms with Crippen LogP contribution in [0.1, 0.15) is 21.6 Å². The Morgan fingerprint density at radius 1 is 1.00 bits per heavy atom. The van der Waals surface area contributed by atoms with Crippen LogP contribution < -0.4 is 0 Å². The zero-order valence-corrected chi connectivity index (χ0v) is 10.8. The van der Waals surface area contributed by atoms with E-state index in [1.165, 1.54) is 0 Å². The molecule has 1 heterocycles. The number of nitrogens with one attached hydrogen (secondary N) is 1. The molecule has 2 aromatic carbocycles. The summed E-state index contributed by atoms with van der Waals surface area (Å²) < 4.78 is 0. The first-order valence-corrected chi connectivity index (χ1v) is 6.40. The smallest absolute Gasteiger partial charge is 0.167 e. The molecule has 0 fully saturated rings. The molecule has 0 aliphatic rings. The summed E-state index contributed by atoms with van der Waals surface area (Å²) in [5.41, 5.74) is 4.04. The fourth-order valence-electron chi connectivity index (χ4n) is 2.45. The Balaban J connectivity index is 1.98. The van der Waals surface area contributed by atoms with Gasteiger partial charge in [0.15, 0.2) is 5.78 Å². The molecule has 0 atom stereocenters. The van der Waals surface area contributed by atoms with Crippen molar-refractivity contribution in [3.8, 4) is 0 Å². The van der Waals surface area contributed by atoms with E-state index in [4.69, 9.17) is 0 Å². The van der Waals surface area contributed by atoms with Gasteiger partial charge in [0.25, 0.3) is 0 Å². The molecule has 0 saturated heterocycles. The molecule has 0 bridgehead atoms. The maximum Gasteiger partial charge on any atom is 0.167 e. The molecule has 0 amide bonds. The molecule has 0 aliphatic heterocycles. The Hall–Kier alpha value is -2.35. The van der Waals surface area contributed by atoms with E-state index in [1.54, 1.807) is 0 Å². The molecular weight excluding hydrogens is 234 g/mol. The quantitative estimate of drug-likeness (QED) is 0.701. The van der Waals surface area contributed by atoms with Crippen LogP contribution in [0.15, 0.2) is 54.6 Å². The molecule has 19 heavy (non-hydrogen) atoms. The molecule has 1 N–H and O–H groups in total. The van der Waals surface area contributed by atoms with Crippen molar-refractivity contribution in [2.75, 3.05) is 0 Å². The van der Waals surface area contributed by atoms with E-state index >= 15 is 0 Å². The number of aromatic nitrogens is 1. The summed E-state index contributed by atoms with van der Waals surface area (Å²) in [6.07, 6.45) is 0.444. The summed E-state index contributed by atoms with van der Waals surface area (Å²) in [7, 11) is 0. The predicted octanol–water partition coefficient (Wildman–Crippen LogP) is 3.90. The number of hydrogen-bond acceptors (Lipinski definition) is 1. The van der Waals surface area contributed by atoms with Gasteiger partial charge in [-0.1, -0.05) is 48.5 Å². The Bertz CT molecular complexity index is 725. The summed E-state index contributed by atoms with van der Waals surface area (Å²) in [6, 6.07) is 17.6. The second-order valence-electron chi connectivity index (χ2n) is 4.74. The van der Waals surface area contributed by atoms with Crippen LogP contribution in [0.4, 0.5) is 0 Å². The first-order chi connectivity index (χ1) is 9.25. The van der Waals surface area contributed by atoms with Gasteiger partial charge in [0.1, 0.15) is 0 Å². The van der Waals surface area contributed by atoms with Crippen molar-refractivity contribution in [2.45, 2.75) is 13.3 Å². The van der Waals surface area contributed by atoms with Gasteiger partial charge in [-0.05, 0) is 18.6 Å². The van der Waals surface area contributed by atoms with Gasteiger partial charge in [0, 0.05) is 28.6 Å². The third-order valence-corrected chi connectivity index (χ3v) is 3.46. The monoisotopic (exact) mass is 249 g/mol. The number of aromatic amines is 1. The largest absolute Gasteiger partial charge is 0.358 e. The zero-order valence-electron chi connectivity index (χ0n) is 10.8. The van der Waals surface area contributed by atoms with E-state index in [0.717, 1.165) is 27.7 Å². The van der Waals surface area contributed by atoms with E-state index < -0.39 is 0 Å². The lowest BCUT2D eigenvalue weighted by molar-refractivity contribution is 0.0993. The van der Waals surface area contributed by atoms with Crippen molar-refractivity contribution in [1.29, 1.82) is 0 Å². The van der Waals surface area contributed by atoms with E-state index in [0.29, 0.717) is 6.42 Å². The molecule has 3 rings (SSSR count). The molecule has 2 nitrogen and oxygen atoms in total. The van der Waals surface area contributed by atoms with Crippen LogP contribution >= 0.6 is 0 Å². The van der Waals surface area contributed by atoms with Gasteiger partial charge >= 0.3 is 0 Å². The number of Topliss-reactive ketones (excluding diaryl/α,β-unsaturated/α-hetero) is 1. The van der Waals surface area contributed by atoms with Gasteiger partial charge in [-0.3, -0.25) is 4.79 Å². The van der Waals surface area contributed by atoms with Crippen molar-refractivity contribution >= 4 is 16.7 Å². The fourth-order valence-corrected chi connectivity index (χ4v) is 2.45. The van der Waals surface area contributed by atoms with Crippen LogP contribution in [-0.2, 0) is 6.42 Å². The highest BCUT2D eigenvalue weighted by molar-refractivity contribution is 6.00. The van der Waals surface area contributed by atoms with Gasteiger partial charge < -0.3 is 4.98 Å². The van der Waals surface area contributed by atoms with Crippen molar-refractivity contribution in [3.63, 3.8) is 0 Å². The van der Waals surface area contributed by atoms with Crippen molar-refractivity contribution in [2.24, 2.45) is 0 Å². The number of fused-ring (bicyclic) bond motifs is 1. The lowest BCUT2D eigenvalue weighted by Crippen LogP contribution is -2.03. The van der Waals surface area contributed by atoms with Gasteiger partial charge in [-0.15, -0.1) is 0 Å². The number of benzene rings is 2. The number of H-pyrrole nitrogens is 1. The Kier molecular flexibility index (Phi) is 2.92. The first kappa shape index (κ1) is 11.7. The van der Waals surface area contributed by atoms with Crippen LogP contribution in [-0.4, -0.2) is 10.8 Å². The van der Waals surface area contributed by atoms with Crippen LogP contribution in [0, 0.1) is 6.92 Å². The highest BCUT2D eigenvalue weighted by Gasteiger charge is 2.13. The third-order valence-electron chi connectivity index (χ3n) is 3.46. The van der Waals surface area contributed by atoms with Gasteiger partial charge in [-0.25, -0.2) is 0 Å². The fraction of sp³-hybridized carbons (Fsp3) is 0.118. The van der Waals surface area contributed by atoms with E-state index in [1.807, 2.05) is 55.5 Å². The van der Waals surface area contributed by atoms with Gasteiger partial charge in [0.2, 0.25) is 0 Å². The van der Waals surface area contributed by atoms with E-state index in [9.17, 15) is 4.79 Å². The number of ketones is 1. The number of aryl methyl sites for hydroxylation is 1. The summed E-state index contributed by atoms with van der Waals surface area (Å²) >= 11 is 0. The van der Waals surface area contributed by atoms with Crippen molar-refractivity contribution in [1.82, 2.24) is 4.98 Å². The topological polar surface area (TPSA) is 32.9 Å². The minimum Gasteiger partial charge on any atom is -0.358 e. The van der Waals surface area contributed by atoms with Crippen LogP contribution in [0.5, 0.6) is 0 Å². The zero-order chi connectivity index (χ0) is 13.2. The van der Waals surface area contributed by atoms with Crippen molar-refractivity contribution < 1.29 is 4.79 Å². The summed E-state index contributed by atoms with van der Waals surface area (Å²) in [6.45, 7) is 2.02. The maximum atomic E-state index is 12.3. The van der Waals surface area contributed by atoms with Crippen molar-refractivity contribution in [3.05, 3.63) is 71.4 Å². The number of hydrogen-bond donors (Lipinski definition) is 1. The minimum absolute atomic E-state index is 0.161. The lowest BCUT2D eigenvalue weighted by atomic mass is 10.0. The molecule has 2 heteroatoms. The van der Waals surface area contributed by atoms with E-state index in [2.05, 4.69) is 11.1 Å². The van der Waals surface area contributed by atoms with Gasteiger partial charge in [0.05, 0.1) is 0 Å². The minimum atomic E-state index is 0.161. The van der Waals surface area contributed by atoms with Gasteiger partial charge in [-0.2, -0.15) is 0 Å². The number of rotatable bonds is 3. The second kappa shape index (κ2) is 4.73. The summed E-state index contributed by atoms with van der Waals surface area (Å²) in [5, 5.41) is 1.14. The molecule has 0 spiro atoms. The first-order valence-electron chi connectivity index (χ1n) is 6.40. The second-order valence-corrected chi connectivity index (χ2v) is 4.74. The average molecular weight is 249 g/mol. The number of para-hydroxylation sites is 1. The maximum absolute atomic E-state index is 12.3. The molecule has 1 aromatic heterocycles. The molecule has 0 aliphatic carbocycles.